The van der Waals surface area contributed by atoms with Crippen LogP contribution in [0.2, 0.25) is 0 Å². The van der Waals surface area contributed by atoms with Crippen LogP contribution in [0.3, 0.4) is 0 Å². The normalized spacial score (nSPS) is 23.1. The van der Waals surface area contributed by atoms with Crippen molar-refractivity contribution in [3.63, 3.8) is 0 Å². The SMILES string of the molecule is CC(=O)C(N)CCC1(C)CCCCC1. The molecule has 2 heteroatoms. The maximum absolute atomic E-state index is 11.0. The van der Waals surface area contributed by atoms with Crippen LogP contribution in [-0.4, -0.2) is 11.8 Å². The summed E-state index contributed by atoms with van der Waals surface area (Å²) in [7, 11) is 0. The van der Waals surface area contributed by atoms with Gasteiger partial charge >= 0.3 is 0 Å². The first-order valence-electron chi connectivity index (χ1n) is 5.80. The molecular weight excluding hydrogens is 174 g/mol. The van der Waals surface area contributed by atoms with Crippen molar-refractivity contribution in [1.29, 1.82) is 0 Å². The first kappa shape index (κ1) is 11.7. The Hall–Kier alpha value is -0.370. The predicted molar refractivity (Wildman–Crippen MR) is 59.1 cm³/mol. The van der Waals surface area contributed by atoms with Gasteiger partial charge in [-0.1, -0.05) is 26.2 Å². The fourth-order valence-electron chi connectivity index (χ4n) is 2.36. The van der Waals surface area contributed by atoms with Gasteiger partial charge in [0, 0.05) is 0 Å². The Kier molecular flexibility index (Phi) is 4.11. The molecule has 1 aliphatic rings. The Labute approximate surface area is 87.2 Å². The van der Waals surface area contributed by atoms with Gasteiger partial charge in [0.2, 0.25) is 0 Å². The second kappa shape index (κ2) is 4.92. The van der Waals surface area contributed by atoms with E-state index in [0.717, 1.165) is 12.8 Å². The standard InChI is InChI=1S/C12H23NO/c1-10(14)11(13)6-9-12(2)7-4-3-5-8-12/h11H,3-9,13H2,1-2H3. The summed E-state index contributed by atoms with van der Waals surface area (Å²) in [6.07, 6.45) is 8.71. The van der Waals surface area contributed by atoms with Crippen LogP contribution in [-0.2, 0) is 4.79 Å². The average Bonchev–Trinajstić information content (AvgIpc) is 2.15. The number of ketones is 1. The van der Waals surface area contributed by atoms with Crippen LogP contribution in [0.25, 0.3) is 0 Å². The number of hydrogen-bond donors (Lipinski definition) is 1. The van der Waals surface area contributed by atoms with Crippen molar-refractivity contribution in [2.45, 2.75) is 64.8 Å². The summed E-state index contributed by atoms with van der Waals surface area (Å²) < 4.78 is 0. The number of hydrogen-bond acceptors (Lipinski definition) is 2. The Balaban J connectivity index is 2.31. The molecule has 0 spiro atoms. The lowest BCUT2D eigenvalue weighted by atomic mass is 9.72. The van der Waals surface area contributed by atoms with Gasteiger partial charge in [0.25, 0.3) is 0 Å². The third-order valence-corrected chi connectivity index (χ3v) is 3.64. The molecule has 0 aromatic carbocycles. The molecule has 0 saturated heterocycles. The van der Waals surface area contributed by atoms with Crippen molar-refractivity contribution >= 4 is 5.78 Å². The van der Waals surface area contributed by atoms with Crippen LogP contribution in [0.4, 0.5) is 0 Å². The van der Waals surface area contributed by atoms with Crippen LogP contribution in [0.15, 0.2) is 0 Å². The number of nitrogens with two attached hydrogens (primary N) is 1. The first-order valence-corrected chi connectivity index (χ1v) is 5.80. The summed E-state index contributed by atoms with van der Waals surface area (Å²) in [4.78, 5) is 11.0. The molecule has 1 atom stereocenters. The maximum Gasteiger partial charge on any atom is 0.146 e. The number of carbonyl (C=O) groups is 1. The zero-order valence-electron chi connectivity index (χ0n) is 9.51. The van der Waals surface area contributed by atoms with E-state index in [9.17, 15) is 4.79 Å². The highest BCUT2D eigenvalue weighted by Crippen LogP contribution is 2.39. The molecule has 2 N–H and O–H groups in total. The summed E-state index contributed by atoms with van der Waals surface area (Å²) in [5, 5.41) is 0. The zero-order chi connectivity index (χ0) is 10.6. The quantitative estimate of drug-likeness (QED) is 0.753. The molecular formula is C12H23NO. The second-order valence-electron chi connectivity index (χ2n) is 5.13. The topological polar surface area (TPSA) is 43.1 Å². The third-order valence-electron chi connectivity index (χ3n) is 3.64. The second-order valence-corrected chi connectivity index (χ2v) is 5.13. The summed E-state index contributed by atoms with van der Waals surface area (Å²) in [6, 6.07) is -0.228. The van der Waals surface area contributed by atoms with E-state index in [-0.39, 0.29) is 11.8 Å². The van der Waals surface area contributed by atoms with E-state index in [2.05, 4.69) is 6.92 Å². The molecule has 0 aromatic heterocycles. The highest BCUT2D eigenvalue weighted by atomic mass is 16.1. The smallest absolute Gasteiger partial charge is 0.146 e. The number of carbonyl (C=O) groups excluding carboxylic acids is 1. The molecule has 1 unspecified atom stereocenters. The van der Waals surface area contributed by atoms with Crippen LogP contribution in [0.1, 0.15) is 58.8 Å². The Morgan fingerprint density at radius 2 is 1.93 bits per heavy atom. The molecule has 0 heterocycles. The molecule has 1 saturated carbocycles. The maximum atomic E-state index is 11.0. The van der Waals surface area contributed by atoms with Gasteiger partial charge in [-0.25, -0.2) is 0 Å². The zero-order valence-corrected chi connectivity index (χ0v) is 9.51. The molecule has 0 bridgehead atoms. The molecule has 14 heavy (non-hydrogen) atoms. The molecule has 0 radical (unpaired) electrons. The van der Waals surface area contributed by atoms with Crippen molar-refractivity contribution in [2.75, 3.05) is 0 Å². The van der Waals surface area contributed by atoms with Gasteiger partial charge in [-0.3, -0.25) is 4.79 Å². The van der Waals surface area contributed by atoms with Crippen molar-refractivity contribution < 1.29 is 4.79 Å². The Morgan fingerprint density at radius 3 is 2.43 bits per heavy atom. The van der Waals surface area contributed by atoms with Crippen molar-refractivity contribution in [3.05, 3.63) is 0 Å². The van der Waals surface area contributed by atoms with E-state index in [1.165, 1.54) is 32.1 Å². The minimum Gasteiger partial charge on any atom is -0.322 e. The van der Waals surface area contributed by atoms with Gasteiger partial charge < -0.3 is 5.73 Å². The minimum absolute atomic E-state index is 0.129. The van der Waals surface area contributed by atoms with Crippen LogP contribution < -0.4 is 5.73 Å². The van der Waals surface area contributed by atoms with E-state index >= 15 is 0 Å². The largest absolute Gasteiger partial charge is 0.322 e. The third kappa shape index (κ3) is 3.41. The number of Topliss-reactive ketones (excluding diaryl/α,β-unsaturated/α-hetero) is 1. The van der Waals surface area contributed by atoms with Crippen LogP contribution in [0, 0.1) is 5.41 Å². The lowest BCUT2D eigenvalue weighted by Crippen LogP contribution is -2.31. The summed E-state index contributed by atoms with van der Waals surface area (Å²) >= 11 is 0. The average molecular weight is 197 g/mol. The molecule has 2 nitrogen and oxygen atoms in total. The van der Waals surface area contributed by atoms with Gasteiger partial charge in [0.05, 0.1) is 6.04 Å². The summed E-state index contributed by atoms with van der Waals surface area (Å²) in [6.45, 7) is 3.94. The predicted octanol–water partition coefficient (Wildman–Crippen LogP) is 2.65. The van der Waals surface area contributed by atoms with Gasteiger partial charge in [0.1, 0.15) is 5.78 Å². The summed E-state index contributed by atoms with van der Waals surface area (Å²) in [5.41, 5.74) is 6.21. The molecule has 1 rings (SSSR count). The van der Waals surface area contributed by atoms with E-state index in [4.69, 9.17) is 5.73 Å². The van der Waals surface area contributed by atoms with Gasteiger partial charge in [0.15, 0.2) is 0 Å². The lowest BCUT2D eigenvalue weighted by molar-refractivity contribution is -0.118. The van der Waals surface area contributed by atoms with Gasteiger partial charge in [-0.15, -0.1) is 0 Å². The monoisotopic (exact) mass is 197 g/mol. The first-order chi connectivity index (χ1) is 6.53. The van der Waals surface area contributed by atoms with Crippen molar-refractivity contribution in [2.24, 2.45) is 11.1 Å². The summed E-state index contributed by atoms with van der Waals surface area (Å²) in [5.74, 6) is 0.129. The molecule has 82 valence electrons. The van der Waals surface area contributed by atoms with Crippen LogP contribution >= 0.6 is 0 Å². The highest BCUT2D eigenvalue weighted by Gasteiger charge is 2.27. The molecule has 0 aliphatic heterocycles. The molecule has 0 aromatic rings. The van der Waals surface area contributed by atoms with Gasteiger partial charge in [-0.05, 0) is 38.0 Å². The van der Waals surface area contributed by atoms with Crippen molar-refractivity contribution in [3.8, 4) is 0 Å². The lowest BCUT2D eigenvalue weighted by Gasteiger charge is -2.34. The molecule has 1 fully saturated rings. The Morgan fingerprint density at radius 1 is 1.36 bits per heavy atom. The number of rotatable bonds is 4. The molecule has 1 aliphatic carbocycles. The van der Waals surface area contributed by atoms with Crippen molar-refractivity contribution in [1.82, 2.24) is 0 Å². The van der Waals surface area contributed by atoms with E-state index in [0.29, 0.717) is 5.41 Å². The van der Waals surface area contributed by atoms with E-state index < -0.39 is 0 Å². The molecule has 0 amide bonds. The van der Waals surface area contributed by atoms with Gasteiger partial charge in [-0.2, -0.15) is 0 Å². The fraction of sp³-hybridized carbons (Fsp3) is 0.917. The fourth-order valence-corrected chi connectivity index (χ4v) is 2.36. The van der Waals surface area contributed by atoms with Crippen LogP contribution in [0.5, 0.6) is 0 Å². The minimum atomic E-state index is -0.228. The Bertz CT molecular complexity index is 194. The van der Waals surface area contributed by atoms with E-state index in [1.807, 2.05) is 0 Å². The van der Waals surface area contributed by atoms with E-state index in [1.54, 1.807) is 6.92 Å². The highest BCUT2D eigenvalue weighted by molar-refractivity contribution is 5.81.